The Hall–Kier alpha value is -3.67. The van der Waals surface area contributed by atoms with Crippen molar-refractivity contribution in [3.05, 3.63) is 67.1 Å². The lowest BCUT2D eigenvalue weighted by atomic mass is 9.83. The van der Waals surface area contributed by atoms with Gasteiger partial charge >= 0.3 is 11.2 Å². The van der Waals surface area contributed by atoms with E-state index in [0.29, 0.717) is 54.1 Å². The summed E-state index contributed by atoms with van der Waals surface area (Å²) >= 11 is 0. The maximum absolute atomic E-state index is 13.3. The molecular weight excluding hydrogens is 506 g/mol. The SMILES string of the molecule is Cc1cc(=O)oc2c3c(cc(OCC(=O)N4C[C@@H]5C[C@H](C4)c4ccc([NH+]([O-])O)c(=O)n4C5)c12)OC(C)(C)CC3. The zero-order chi connectivity index (χ0) is 27.6. The number of ether oxygens (including phenoxy) is 2. The minimum atomic E-state index is -1.24. The van der Waals surface area contributed by atoms with Crippen LogP contribution in [0.2, 0.25) is 0 Å². The Morgan fingerprint density at radius 3 is 2.79 bits per heavy atom. The molecule has 2 aromatic heterocycles. The van der Waals surface area contributed by atoms with Crippen LogP contribution >= 0.6 is 0 Å². The number of amides is 1. The van der Waals surface area contributed by atoms with Crippen LogP contribution in [0.4, 0.5) is 5.69 Å². The van der Waals surface area contributed by atoms with Crippen molar-refractivity contribution in [2.75, 3.05) is 19.7 Å². The third kappa shape index (κ3) is 4.50. The van der Waals surface area contributed by atoms with Gasteiger partial charge in [-0.05, 0) is 57.6 Å². The molecule has 0 aliphatic carbocycles. The second kappa shape index (κ2) is 9.22. The summed E-state index contributed by atoms with van der Waals surface area (Å²) < 4.78 is 19.4. The number of carbonyl (C=O) groups excluding carboxylic acids is 1. The second-order valence-corrected chi connectivity index (χ2v) is 11.4. The number of nitrogens with one attached hydrogen (secondary N) is 1. The molecule has 3 aromatic rings. The molecule has 0 radical (unpaired) electrons. The Labute approximate surface area is 223 Å². The van der Waals surface area contributed by atoms with E-state index in [4.69, 9.17) is 13.9 Å². The quantitative estimate of drug-likeness (QED) is 0.380. The first-order valence-corrected chi connectivity index (χ1v) is 13.2. The van der Waals surface area contributed by atoms with E-state index in [1.54, 1.807) is 21.6 Å². The Morgan fingerprint density at radius 1 is 1.23 bits per heavy atom. The van der Waals surface area contributed by atoms with Gasteiger partial charge in [0.05, 0.1) is 5.39 Å². The van der Waals surface area contributed by atoms with Crippen LogP contribution in [0.5, 0.6) is 11.5 Å². The predicted octanol–water partition coefficient (Wildman–Crippen LogP) is 1.79. The maximum atomic E-state index is 13.3. The topological polar surface area (TPSA) is 139 Å². The standard InChI is InChI=1S/C28H31N3O8/c1-15-8-24(33)38-26-18-6-7-28(2,3)39-21(18)10-22(25(15)26)37-14-23(32)29-11-16-9-17(13-29)19-4-5-20(31(35)36)27(34)30(19)12-16/h4-5,8,10,16-17,31,35H,6-7,9,11-14H2,1-3H3/t16-,17+/m0/s1. The normalized spacial score (nSPS) is 22.0. The summed E-state index contributed by atoms with van der Waals surface area (Å²) in [6, 6.07) is 6.24. The first-order chi connectivity index (χ1) is 18.5. The number of likely N-dealkylation sites (tertiary alicyclic amines) is 1. The molecule has 6 rings (SSSR count). The highest BCUT2D eigenvalue weighted by Gasteiger charge is 2.37. The molecule has 1 unspecified atom stereocenters. The zero-order valence-electron chi connectivity index (χ0n) is 22.1. The lowest BCUT2D eigenvalue weighted by Crippen LogP contribution is -3.00. The Morgan fingerprint density at radius 2 is 2.03 bits per heavy atom. The van der Waals surface area contributed by atoms with Crippen molar-refractivity contribution < 1.29 is 29.1 Å². The lowest BCUT2D eigenvalue weighted by molar-refractivity contribution is -0.992. The van der Waals surface area contributed by atoms with E-state index in [1.165, 1.54) is 12.1 Å². The van der Waals surface area contributed by atoms with Crippen LogP contribution in [-0.2, 0) is 17.8 Å². The summed E-state index contributed by atoms with van der Waals surface area (Å²) in [6.07, 6.45) is 2.30. The summed E-state index contributed by atoms with van der Waals surface area (Å²) in [5, 5.41) is 20.1. The molecule has 1 fully saturated rings. The van der Waals surface area contributed by atoms with E-state index < -0.39 is 16.4 Å². The molecule has 1 saturated heterocycles. The molecule has 0 spiro atoms. The number of hydrogen-bond donors (Lipinski definition) is 2. The van der Waals surface area contributed by atoms with Gasteiger partial charge in [0.25, 0.3) is 5.91 Å². The molecule has 206 valence electrons. The maximum Gasteiger partial charge on any atom is 0.336 e. The monoisotopic (exact) mass is 537 g/mol. The molecule has 1 amide bonds. The second-order valence-electron chi connectivity index (χ2n) is 11.4. The van der Waals surface area contributed by atoms with Crippen molar-refractivity contribution in [2.45, 2.75) is 58.1 Å². The van der Waals surface area contributed by atoms with E-state index in [1.807, 2.05) is 20.8 Å². The molecule has 0 saturated carbocycles. The highest BCUT2D eigenvalue weighted by atomic mass is 16.8. The van der Waals surface area contributed by atoms with E-state index in [2.05, 4.69) is 0 Å². The number of benzene rings is 1. The third-order valence-electron chi connectivity index (χ3n) is 8.14. The number of quaternary nitrogens is 1. The van der Waals surface area contributed by atoms with Gasteiger partial charge in [-0.15, -0.1) is 0 Å². The van der Waals surface area contributed by atoms with Crippen molar-refractivity contribution in [1.82, 2.24) is 9.47 Å². The highest BCUT2D eigenvalue weighted by Crippen LogP contribution is 2.43. The van der Waals surface area contributed by atoms with Crippen molar-refractivity contribution in [3.63, 3.8) is 0 Å². The number of hydrogen-bond acceptors (Lipinski definition) is 8. The van der Waals surface area contributed by atoms with E-state index >= 15 is 0 Å². The minimum Gasteiger partial charge on any atom is -0.595 e. The molecular formula is C28H31N3O8. The first-order valence-electron chi connectivity index (χ1n) is 13.2. The smallest absolute Gasteiger partial charge is 0.336 e. The highest BCUT2D eigenvalue weighted by molar-refractivity contribution is 5.91. The number of aryl methyl sites for hydroxylation is 2. The fourth-order valence-electron chi connectivity index (χ4n) is 6.28. The van der Waals surface area contributed by atoms with E-state index in [0.717, 1.165) is 24.1 Å². The van der Waals surface area contributed by atoms with Gasteiger partial charge in [-0.2, -0.15) is 5.23 Å². The molecule has 1 aromatic carbocycles. The number of aromatic nitrogens is 1. The van der Waals surface area contributed by atoms with Gasteiger partial charge in [-0.25, -0.2) is 10.0 Å². The van der Waals surface area contributed by atoms with Gasteiger partial charge in [0.15, 0.2) is 6.61 Å². The number of nitrogens with zero attached hydrogens (tertiary/aromatic N) is 2. The van der Waals surface area contributed by atoms with Crippen molar-refractivity contribution in [3.8, 4) is 11.5 Å². The number of fused-ring (bicyclic) bond motifs is 7. The fourth-order valence-corrected chi connectivity index (χ4v) is 6.28. The number of rotatable bonds is 4. The van der Waals surface area contributed by atoms with E-state index in [-0.39, 0.29) is 35.6 Å². The van der Waals surface area contributed by atoms with Crippen LogP contribution in [0.3, 0.4) is 0 Å². The molecule has 11 heteroatoms. The number of pyridine rings is 1. The van der Waals surface area contributed by atoms with Crippen LogP contribution < -0.4 is 25.9 Å². The molecule has 3 aliphatic rings. The minimum absolute atomic E-state index is 0.0404. The average molecular weight is 538 g/mol. The lowest BCUT2D eigenvalue weighted by Gasteiger charge is -2.42. The van der Waals surface area contributed by atoms with Gasteiger partial charge in [0.2, 0.25) is 5.69 Å². The molecule has 39 heavy (non-hydrogen) atoms. The van der Waals surface area contributed by atoms with Crippen LogP contribution in [0.25, 0.3) is 11.0 Å². The van der Waals surface area contributed by atoms with Crippen LogP contribution in [0, 0.1) is 18.0 Å². The third-order valence-corrected chi connectivity index (χ3v) is 8.14. The molecule has 5 heterocycles. The molecule has 2 bridgehead atoms. The largest absolute Gasteiger partial charge is 0.595 e. The van der Waals surface area contributed by atoms with Crippen LogP contribution in [0.1, 0.15) is 49.4 Å². The Balaban J connectivity index is 1.25. The predicted molar refractivity (Wildman–Crippen MR) is 140 cm³/mol. The zero-order valence-corrected chi connectivity index (χ0v) is 22.1. The number of piperidine rings is 1. The van der Waals surface area contributed by atoms with Gasteiger partial charge < -0.3 is 28.6 Å². The molecule has 3 atom stereocenters. The Bertz CT molecular complexity index is 1610. The van der Waals surface area contributed by atoms with Gasteiger partial charge in [0.1, 0.15) is 22.7 Å². The van der Waals surface area contributed by atoms with E-state index in [9.17, 15) is 24.8 Å². The average Bonchev–Trinajstić information content (AvgIpc) is 2.86. The fraction of sp³-hybridized carbons (Fsp3) is 0.464. The summed E-state index contributed by atoms with van der Waals surface area (Å²) in [5.41, 5.74) is 1.15. The van der Waals surface area contributed by atoms with Crippen molar-refractivity contribution in [2.24, 2.45) is 5.92 Å². The van der Waals surface area contributed by atoms with Gasteiger partial charge in [-0.3, -0.25) is 9.59 Å². The Kier molecular flexibility index (Phi) is 6.05. The van der Waals surface area contributed by atoms with Gasteiger partial charge in [-0.1, -0.05) is 0 Å². The van der Waals surface area contributed by atoms with Crippen molar-refractivity contribution in [1.29, 1.82) is 0 Å². The van der Waals surface area contributed by atoms with Crippen LogP contribution in [0.15, 0.2) is 38.3 Å². The van der Waals surface area contributed by atoms with Crippen molar-refractivity contribution >= 4 is 22.6 Å². The van der Waals surface area contributed by atoms with Gasteiger partial charge in [0, 0.05) is 55.0 Å². The summed E-state index contributed by atoms with van der Waals surface area (Å²) in [6.45, 7) is 6.85. The molecule has 3 aliphatic heterocycles. The van der Waals surface area contributed by atoms with Crippen LogP contribution in [-0.4, -0.2) is 45.9 Å². The molecule has 11 nitrogen and oxygen atoms in total. The number of carbonyl (C=O) groups is 1. The summed E-state index contributed by atoms with van der Waals surface area (Å²) in [5.74, 6) is 0.800. The summed E-state index contributed by atoms with van der Waals surface area (Å²) in [7, 11) is 0. The first kappa shape index (κ1) is 25.6. The molecule has 2 N–H and O–H groups in total. The summed E-state index contributed by atoms with van der Waals surface area (Å²) in [4.78, 5) is 40.0.